The zero-order chi connectivity index (χ0) is 11.5. The van der Waals surface area contributed by atoms with E-state index in [1.165, 1.54) is 0 Å². The topological polar surface area (TPSA) is 60.6 Å². The second kappa shape index (κ2) is 4.44. The van der Waals surface area contributed by atoms with E-state index in [0.717, 1.165) is 23.6 Å². The molecule has 1 N–H and O–H groups in total. The van der Waals surface area contributed by atoms with Crippen molar-refractivity contribution in [2.24, 2.45) is 7.05 Å². The Labute approximate surface area is 94.3 Å². The van der Waals surface area contributed by atoms with Crippen LogP contribution >= 0.6 is 0 Å². The van der Waals surface area contributed by atoms with E-state index in [-0.39, 0.29) is 0 Å². The van der Waals surface area contributed by atoms with Crippen LogP contribution in [0.5, 0.6) is 0 Å². The molecule has 0 atom stereocenters. The smallest absolute Gasteiger partial charge is 0.111 e. The Bertz CT molecular complexity index is 469. The summed E-state index contributed by atoms with van der Waals surface area (Å²) < 4.78 is 3.73. The van der Waals surface area contributed by atoms with Gasteiger partial charge in [-0.3, -0.25) is 4.68 Å². The van der Waals surface area contributed by atoms with Gasteiger partial charge < -0.3 is 5.32 Å². The predicted octanol–water partition coefficient (Wildman–Crippen LogP) is 0.418. The molecule has 0 spiro atoms. The molecule has 86 valence electrons. The van der Waals surface area contributed by atoms with Crippen molar-refractivity contribution >= 4 is 0 Å². The summed E-state index contributed by atoms with van der Waals surface area (Å²) in [4.78, 5) is 0. The summed E-state index contributed by atoms with van der Waals surface area (Å²) in [6.45, 7) is 3.56. The van der Waals surface area contributed by atoms with Crippen LogP contribution in [0, 0.1) is 0 Å². The van der Waals surface area contributed by atoms with Crippen molar-refractivity contribution in [3.8, 4) is 11.4 Å². The SMILES string of the molecule is CCn1nnc(CNC)c1-c1ccnn1C. The highest BCUT2D eigenvalue weighted by atomic mass is 15.4. The molecule has 0 unspecified atom stereocenters. The van der Waals surface area contributed by atoms with Crippen molar-refractivity contribution in [2.45, 2.75) is 20.0 Å². The summed E-state index contributed by atoms with van der Waals surface area (Å²) in [5, 5.41) is 15.6. The summed E-state index contributed by atoms with van der Waals surface area (Å²) in [7, 11) is 3.82. The molecular weight excluding hydrogens is 204 g/mol. The molecule has 2 rings (SSSR count). The third-order valence-corrected chi connectivity index (χ3v) is 2.51. The van der Waals surface area contributed by atoms with Crippen LogP contribution in [0.15, 0.2) is 12.3 Å². The van der Waals surface area contributed by atoms with Crippen molar-refractivity contribution in [3.05, 3.63) is 18.0 Å². The third kappa shape index (κ3) is 1.71. The van der Waals surface area contributed by atoms with Crippen molar-refractivity contribution in [1.82, 2.24) is 30.1 Å². The lowest BCUT2D eigenvalue weighted by molar-refractivity contribution is 0.626. The average Bonchev–Trinajstić information content (AvgIpc) is 2.85. The Morgan fingerprint density at radius 1 is 1.44 bits per heavy atom. The number of hydrogen-bond donors (Lipinski definition) is 1. The number of nitrogens with zero attached hydrogens (tertiary/aromatic N) is 5. The molecule has 2 heterocycles. The molecule has 0 amide bonds. The quantitative estimate of drug-likeness (QED) is 0.811. The highest BCUT2D eigenvalue weighted by Gasteiger charge is 2.15. The normalized spacial score (nSPS) is 10.9. The Hall–Kier alpha value is -1.69. The number of rotatable bonds is 4. The molecule has 0 saturated carbocycles. The fourth-order valence-electron chi connectivity index (χ4n) is 1.74. The molecule has 6 heteroatoms. The molecule has 2 aromatic heterocycles. The largest absolute Gasteiger partial charge is 0.314 e. The Morgan fingerprint density at radius 2 is 2.25 bits per heavy atom. The minimum Gasteiger partial charge on any atom is -0.314 e. The van der Waals surface area contributed by atoms with E-state index in [0.29, 0.717) is 6.54 Å². The van der Waals surface area contributed by atoms with Crippen LogP contribution in [0.2, 0.25) is 0 Å². The van der Waals surface area contributed by atoms with Crippen LogP contribution < -0.4 is 5.32 Å². The van der Waals surface area contributed by atoms with Crippen molar-refractivity contribution < 1.29 is 0 Å². The van der Waals surface area contributed by atoms with Gasteiger partial charge in [-0.05, 0) is 20.0 Å². The highest BCUT2D eigenvalue weighted by Crippen LogP contribution is 2.21. The molecule has 0 fully saturated rings. The summed E-state index contributed by atoms with van der Waals surface area (Å²) >= 11 is 0. The first-order chi connectivity index (χ1) is 7.77. The fraction of sp³-hybridized carbons (Fsp3) is 0.500. The summed E-state index contributed by atoms with van der Waals surface area (Å²) in [6, 6.07) is 1.98. The first-order valence-corrected chi connectivity index (χ1v) is 5.33. The zero-order valence-corrected chi connectivity index (χ0v) is 9.80. The fourth-order valence-corrected chi connectivity index (χ4v) is 1.74. The maximum absolute atomic E-state index is 4.18. The molecule has 0 aromatic carbocycles. The first kappa shape index (κ1) is 10.8. The predicted molar refractivity (Wildman–Crippen MR) is 60.7 cm³/mol. The molecule has 0 radical (unpaired) electrons. The minimum absolute atomic E-state index is 0.709. The molecule has 2 aromatic rings. The van der Waals surface area contributed by atoms with Crippen molar-refractivity contribution in [3.63, 3.8) is 0 Å². The standard InChI is InChI=1S/C10H16N6/c1-4-16-10(8(7-11-2)13-14-16)9-5-6-12-15(9)3/h5-6,11H,4,7H2,1-3H3. The first-order valence-electron chi connectivity index (χ1n) is 5.33. The molecule has 0 aliphatic carbocycles. The summed E-state index contributed by atoms with van der Waals surface area (Å²) in [5.41, 5.74) is 3.03. The van der Waals surface area contributed by atoms with Crippen LogP contribution in [-0.4, -0.2) is 31.8 Å². The van der Waals surface area contributed by atoms with E-state index in [1.54, 1.807) is 6.20 Å². The van der Waals surface area contributed by atoms with E-state index >= 15 is 0 Å². The van der Waals surface area contributed by atoms with Crippen molar-refractivity contribution in [1.29, 1.82) is 0 Å². The van der Waals surface area contributed by atoms with E-state index in [1.807, 2.05) is 29.5 Å². The third-order valence-electron chi connectivity index (χ3n) is 2.51. The van der Waals surface area contributed by atoms with Gasteiger partial charge in [0.15, 0.2) is 0 Å². The molecule has 6 nitrogen and oxygen atoms in total. The maximum Gasteiger partial charge on any atom is 0.111 e. The average molecular weight is 220 g/mol. The van der Waals surface area contributed by atoms with Gasteiger partial charge in [0.1, 0.15) is 11.4 Å². The highest BCUT2D eigenvalue weighted by molar-refractivity contribution is 5.57. The summed E-state index contributed by atoms with van der Waals surface area (Å²) in [5.74, 6) is 0. The Balaban J connectivity index is 2.52. The van der Waals surface area contributed by atoms with Gasteiger partial charge in [0.05, 0.1) is 5.69 Å². The van der Waals surface area contributed by atoms with E-state index < -0.39 is 0 Å². The second-order valence-electron chi connectivity index (χ2n) is 3.57. The number of aromatic nitrogens is 5. The monoisotopic (exact) mass is 220 g/mol. The molecule has 0 aliphatic heterocycles. The molecule has 0 saturated heterocycles. The second-order valence-corrected chi connectivity index (χ2v) is 3.57. The number of hydrogen-bond acceptors (Lipinski definition) is 4. The van der Waals surface area contributed by atoms with Gasteiger partial charge >= 0.3 is 0 Å². The van der Waals surface area contributed by atoms with Crippen LogP contribution in [0.3, 0.4) is 0 Å². The van der Waals surface area contributed by atoms with Crippen LogP contribution in [0.25, 0.3) is 11.4 Å². The lowest BCUT2D eigenvalue weighted by atomic mass is 10.2. The minimum atomic E-state index is 0.709. The van der Waals surface area contributed by atoms with Gasteiger partial charge in [0, 0.05) is 26.3 Å². The lowest BCUT2D eigenvalue weighted by Gasteiger charge is -2.06. The molecule has 16 heavy (non-hydrogen) atoms. The maximum atomic E-state index is 4.18. The van der Waals surface area contributed by atoms with E-state index in [4.69, 9.17) is 0 Å². The molecule has 0 bridgehead atoms. The lowest BCUT2D eigenvalue weighted by Crippen LogP contribution is -2.09. The molecular formula is C10H16N6. The van der Waals surface area contributed by atoms with Gasteiger partial charge in [-0.2, -0.15) is 5.10 Å². The number of aryl methyl sites for hydroxylation is 2. The van der Waals surface area contributed by atoms with Crippen LogP contribution in [-0.2, 0) is 20.1 Å². The van der Waals surface area contributed by atoms with Gasteiger partial charge in [-0.25, -0.2) is 4.68 Å². The Kier molecular flexibility index (Phi) is 3.00. The van der Waals surface area contributed by atoms with Gasteiger partial charge in [-0.1, -0.05) is 5.21 Å². The zero-order valence-electron chi connectivity index (χ0n) is 9.80. The van der Waals surface area contributed by atoms with Crippen molar-refractivity contribution in [2.75, 3.05) is 7.05 Å². The number of nitrogens with one attached hydrogen (secondary N) is 1. The summed E-state index contributed by atoms with van der Waals surface area (Å²) in [6.07, 6.45) is 1.78. The van der Waals surface area contributed by atoms with E-state index in [9.17, 15) is 0 Å². The van der Waals surface area contributed by atoms with E-state index in [2.05, 4.69) is 27.7 Å². The molecule has 0 aliphatic rings. The van der Waals surface area contributed by atoms with Gasteiger partial charge in [-0.15, -0.1) is 5.10 Å². The Morgan fingerprint density at radius 3 is 2.81 bits per heavy atom. The van der Waals surface area contributed by atoms with Gasteiger partial charge in [0.25, 0.3) is 0 Å². The van der Waals surface area contributed by atoms with Gasteiger partial charge in [0.2, 0.25) is 0 Å². The van der Waals surface area contributed by atoms with Crippen LogP contribution in [0.4, 0.5) is 0 Å². The van der Waals surface area contributed by atoms with Crippen LogP contribution in [0.1, 0.15) is 12.6 Å².